The number of aromatic nitrogens is 3. The van der Waals surface area contributed by atoms with E-state index in [2.05, 4.69) is 36.9 Å². The van der Waals surface area contributed by atoms with Crippen LogP contribution in [0.3, 0.4) is 0 Å². The average Bonchev–Trinajstić information content (AvgIpc) is 3.76. The highest BCUT2D eigenvalue weighted by atomic mass is 16.4. The van der Waals surface area contributed by atoms with Gasteiger partial charge in [0.15, 0.2) is 0 Å². The third kappa shape index (κ3) is 14.8. The Hall–Kier alpha value is -4.86. The van der Waals surface area contributed by atoms with Crippen LogP contribution in [0.15, 0.2) is 30.5 Å². The molecule has 1 aliphatic carbocycles. The highest BCUT2D eigenvalue weighted by Crippen LogP contribution is 2.19. The number of aryl methyl sites for hydroxylation is 3. The molecular weight excluding hydrogens is 636 g/mol. The molecule has 16 nitrogen and oxygen atoms in total. The zero-order chi connectivity index (χ0) is 35.8. The lowest BCUT2D eigenvalue weighted by Gasteiger charge is -2.22. The van der Waals surface area contributed by atoms with E-state index in [-0.39, 0.29) is 24.8 Å². The van der Waals surface area contributed by atoms with Crippen molar-refractivity contribution < 1.29 is 39.0 Å². The number of unbranched alkanes of at least 4 members (excludes halogenated alkanes) is 1. The zero-order valence-corrected chi connectivity index (χ0v) is 28.1. The van der Waals surface area contributed by atoms with Crippen molar-refractivity contribution in [2.45, 2.75) is 115 Å². The second-order valence-corrected chi connectivity index (χ2v) is 12.4. The molecule has 0 saturated heterocycles. The largest absolute Gasteiger partial charge is 0.481 e. The van der Waals surface area contributed by atoms with Crippen molar-refractivity contribution in [2.24, 2.45) is 0 Å². The molecule has 1 saturated carbocycles. The standard InChI is InChI=1S/C33H48N8O8/c1-21-9-11-22(12-10-21)6-5-8-28(42)36-26(15-16-30(44)45)32(47)38-27(33(48)49)18-29(43)37-25(31(46)35-23-13-14-23)7-3-4-17-41-20-24(19-34-2)39-40-41/h9-12,20,23,25-27,34H,3-8,13-19H2,1-2H3,(H,35,46)(H,36,42)(H,37,43)(H,38,47)(H,44,45)(H,48,49). The Morgan fingerprint density at radius 1 is 0.857 bits per heavy atom. The van der Waals surface area contributed by atoms with Crippen molar-refractivity contribution in [3.8, 4) is 0 Å². The number of carbonyl (C=O) groups is 6. The summed E-state index contributed by atoms with van der Waals surface area (Å²) in [7, 11) is 1.81. The molecule has 1 aromatic carbocycles. The number of carboxylic acids is 2. The Morgan fingerprint density at radius 2 is 1.55 bits per heavy atom. The van der Waals surface area contributed by atoms with E-state index in [0.717, 1.165) is 29.7 Å². The molecule has 1 heterocycles. The minimum atomic E-state index is -1.69. The summed E-state index contributed by atoms with van der Waals surface area (Å²) in [6.07, 6.45) is 4.74. The number of aliphatic carboxylic acids is 2. The Morgan fingerprint density at radius 3 is 2.20 bits per heavy atom. The van der Waals surface area contributed by atoms with E-state index in [4.69, 9.17) is 5.11 Å². The zero-order valence-electron chi connectivity index (χ0n) is 28.1. The van der Waals surface area contributed by atoms with E-state index < -0.39 is 60.6 Å². The Balaban J connectivity index is 1.54. The summed E-state index contributed by atoms with van der Waals surface area (Å²) in [5, 5.41) is 40.3. The SMILES string of the molecule is CNCc1cn(CCCCC(NC(=O)CC(NC(=O)C(CCC(=O)O)NC(=O)CCCc2ccc(C)cc2)C(=O)O)C(=O)NC2CC2)nn1. The number of nitrogens with zero attached hydrogens (tertiary/aromatic N) is 3. The van der Waals surface area contributed by atoms with Crippen molar-refractivity contribution in [1.82, 2.24) is 41.6 Å². The summed E-state index contributed by atoms with van der Waals surface area (Å²) in [5.41, 5.74) is 2.94. The molecule has 1 aromatic heterocycles. The number of carboxylic acid groups (broad SMARTS) is 2. The van der Waals surface area contributed by atoms with Crippen LogP contribution in [-0.2, 0) is 48.3 Å². The van der Waals surface area contributed by atoms with Gasteiger partial charge in [-0.2, -0.15) is 0 Å². The maximum absolute atomic E-state index is 13.1. The lowest BCUT2D eigenvalue weighted by Crippen LogP contribution is -2.54. The Bertz CT molecular complexity index is 1430. The summed E-state index contributed by atoms with van der Waals surface area (Å²) in [6.45, 7) is 3.11. The van der Waals surface area contributed by atoms with Crippen molar-refractivity contribution in [3.63, 3.8) is 0 Å². The predicted octanol–water partition coefficient (Wildman–Crippen LogP) is 0.572. The minimum absolute atomic E-state index is 0.0410. The Kier molecular flexibility index (Phi) is 15.6. The van der Waals surface area contributed by atoms with Gasteiger partial charge in [0.25, 0.3) is 0 Å². The highest BCUT2D eigenvalue weighted by molar-refractivity contribution is 5.94. The van der Waals surface area contributed by atoms with E-state index in [1.54, 1.807) is 4.68 Å². The first-order chi connectivity index (χ1) is 23.4. The quantitative estimate of drug-likeness (QED) is 0.0800. The van der Waals surface area contributed by atoms with Crippen LogP contribution in [0.1, 0.15) is 81.0 Å². The molecule has 0 aliphatic heterocycles. The van der Waals surface area contributed by atoms with Gasteiger partial charge >= 0.3 is 11.9 Å². The fraction of sp³-hybridized carbons (Fsp3) is 0.576. The number of nitrogens with one attached hydrogen (secondary N) is 5. The van der Waals surface area contributed by atoms with Crippen LogP contribution >= 0.6 is 0 Å². The maximum atomic E-state index is 13.1. The van der Waals surface area contributed by atoms with E-state index in [0.29, 0.717) is 45.2 Å². The molecule has 16 heteroatoms. The molecule has 1 aliphatic rings. The number of carbonyl (C=O) groups excluding carboxylic acids is 4. The van der Waals surface area contributed by atoms with Gasteiger partial charge in [-0.1, -0.05) is 35.0 Å². The number of amides is 4. The third-order valence-electron chi connectivity index (χ3n) is 7.94. The van der Waals surface area contributed by atoms with Crippen LogP contribution in [0.25, 0.3) is 0 Å². The van der Waals surface area contributed by atoms with Crippen molar-refractivity contribution >= 4 is 35.6 Å². The molecule has 3 unspecified atom stereocenters. The summed E-state index contributed by atoms with van der Waals surface area (Å²) in [6, 6.07) is 3.95. The van der Waals surface area contributed by atoms with Crippen LogP contribution in [0, 0.1) is 6.92 Å². The van der Waals surface area contributed by atoms with Crippen LogP contribution in [-0.4, -0.2) is 92.0 Å². The van der Waals surface area contributed by atoms with Gasteiger partial charge < -0.3 is 36.8 Å². The molecule has 1 fully saturated rings. The monoisotopic (exact) mass is 684 g/mol. The van der Waals surface area contributed by atoms with Crippen molar-refractivity contribution in [3.05, 3.63) is 47.3 Å². The van der Waals surface area contributed by atoms with Crippen LogP contribution in [0.5, 0.6) is 0 Å². The summed E-state index contributed by atoms with van der Waals surface area (Å²) < 4.78 is 1.70. The smallest absolute Gasteiger partial charge is 0.326 e. The lowest BCUT2D eigenvalue weighted by molar-refractivity contribution is -0.144. The van der Waals surface area contributed by atoms with E-state index in [1.165, 1.54) is 0 Å². The molecule has 2 aromatic rings. The average molecular weight is 685 g/mol. The number of hydrogen-bond acceptors (Lipinski definition) is 9. The molecule has 0 spiro atoms. The molecule has 268 valence electrons. The number of hydrogen-bond donors (Lipinski definition) is 7. The third-order valence-corrected chi connectivity index (χ3v) is 7.94. The van der Waals surface area contributed by atoms with Crippen LogP contribution < -0.4 is 26.6 Å². The minimum Gasteiger partial charge on any atom is -0.481 e. The van der Waals surface area contributed by atoms with E-state index in [9.17, 15) is 33.9 Å². The fourth-order valence-electron chi connectivity index (χ4n) is 5.05. The van der Waals surface area contributed by atoms with Crippen LogP contribution in [0.2, 0.25) is 0 Å². The predicted molar refractivity (Wildman–Crippen MR) is 177 cm³/mol. The topological polar surface area (TPSA) is 234 Å². The molecule has 7 N–H and O–H groups in total. The Labute approximate surface area is 285 Å². The van der Waals surface area contributed by atoms with Crippen molar-refractivity contribution in [2.75, 3.05) is 7.05 Å². The summed E-state index contributed by atoms with van der Waals surface area (Å²) >= 11 is 0. The molecule has 49 heavy (non-hydrogen) atoms. The van der Waals surface area contributed by atoms with E-state index in [1.807, 2.05) is 44.4 Å². The highest BCUT2D eigenvalue weighted by Gasteiger charge is 2.31. The van der Waals surface area contributed by atoms with Gasteiger partial charge in [0.1, 0.15) is 18.1 Å². The van der Waals surface area contributed by atoms with Crippen molar-refractivity contribution in [1.29, 1.82) is 0 Å². The van der Waals surface area contributed by atoms with Gasteiger partial charge in [0.05, 0.1) is 12.1 Å². The summed E-state index contributed by atoms with van der Waals surface area (Å²) in [4.78, 5) is 75.0. The van der Waals surface area contributed by atoms with Gasteiger partial charge in [0, 0.05) is 38.2 Å². The molecule has 3 rings (SSSR count). The van der Waals surface area contributed by atoms with Gasteiger partial charge in [-0.05, 0) is 70.9 Å². The lowest BCUT2D eigenvalue weighted by atomic mass is 10.1. The normalized spacial score (nSPS) is 14.2. The van der Waals surface area contributed by atoms with Gasteiger partial charge in [0.2, 0.25) is 23.6 Å². The van der Waals surface area contributed by atoms with Gasteiger partial charge in [-0.3, -0.25) is 28.7 Å². The first-order valence-corrected chi connectivity index (χ1v) is 16.7. The first-order valence-electron chi connectivity index (χ1n) is 16.7. The van der Waals surface area contributed by atoms with E-state index >= 15 is 0 Å². The van der Waals surface area contributed by atoms with Crippen LogP contribution in [0.4, 0.5) is 0 Å². The second kappa shape index (κ2) is 19.8. The van der Waals surface area contributed by atoms with Gasteiger partial charge in [-0.25, -0.2) is 4.79 Å². The van der Waals surface area contributed by atoms with Gasteiger partial charge in [-0.15, -0.1) is 5.10 Å². The molecular formula is C33H48N8O8. The second-order valence-electron chi connectivity index (χ2n) is 12.4. The number of benzene rings is 1. The molecule has 3 atom stereocenters. The summed E-state index contributed by atoms with van der Waals surface area (Å²) in [5.74, 6) is -5.26. The molecule has 4 amide bonds. The fourth-order valence-corrected chi connectivity index (χ4v) is 5.05. The first kappa shape index (κ1) is 38.6. The molecule has 0 radical (unpaired) electrons. The maximum Gasteiger partial charge on any atom is 0.326 e. The number of rotatable bonds is 23. The molecule has 0 bridgehead atoms.